The van der Waals surface area contributed by atoms with Crippen molar-refractivity contribution in [2.24, 2.45) is 0 Å². The number of amides is 1. The van der Waals surface area contributed by atoms with Crippen LogP contribution in [0, 0.1) is 13.8 Å². The summed E-state index contributed by atoms with van der Waals surface area (Å²) in [6, 6.07) is 4.21. The first-order chi connectivity index (χ1) is 11.1. The van der Waals surface area contributed by atoms with Crippen LogP contribution in [-0.2, 0) is 13.1 Å². The molecule has 1 saturated heterocycles. The zero-order valence-electron chi connectivity index (χ0n) is 14.3. The minimum Gasteiger partial charge on any atom is -0.349 e. The van der Waals surface area contributed by atoms with Gasteiger partial charge >= 0.3 is 0 Å². The van der Waals surface area contributed by atoms with Crippen LogP contribution < -0.4 is 0 Å². The summed E-state index contributed by atoms with van der Waals surface area (Å²) < 4.78 is 4.14. The summed E-state index contributed by atoms with van der Waals surface area (Å²) in [7, 11) is 0. The van der Waals surface area contributed by atoms with Crippen LogP contribution in [0.3, 0.4) is 0 Å². The van der Waals surface area contributed by atoms with E-state index in [2.05, 4.69) is 35.3 Å². The molecule has 3 heterocycles. The van der Waals surface area contributed by atoms with Crippen LogP contribution in [0.25, 0.3) is 0 Å². The predicted molar refractivity (Wildman–Crippen MR) is 90.5 cm³/mol. The molecule has 2 aromatic rings. The van der Waals surface area contributed by atoms with Crippen LogP contribution in [0.1, 0.15) is 47.9 Å². The van der Waals surface area contributed by atoms with E-state index in [-0.39, 0.29) is 11.9 Å². The van der Waals surface area contributed by atoms with E-state index in [4.69, 9.17) is 0 Å². The highest BCUT2D eigenvalue weighted by molar-refractivity contribution is 5.96. The molecule has 3 rings (SSSR count). The number of hydrogen-bond donors (Lipinski definition) is 0. The third kappa shape index (κ3) is 3.05. The molecule has 1 atom stereocenters. The standard InChI is InChI=1S/C18H26N4O/c1-4-21-14(2)12-17(15(21)3)18(23)22-11-6-5-8-16(22)13-20-10-7-9-19-20/h7,9-10,12,16H,4-6,8,11,13H2,1-3H3/t16-/m0/s1. The van der Waals surface area contributed by atoms with Gasteiger partial charge in [0.2, 0.25) is 0 Å². The maximum Gasteiger partial charge on any atom is 0.255 e. The Hall–Kier alpha value is -2.04. The molecule has 0 radical (unpaired) electrons. The van der Waals surface area contributed by atoms with E-state index in [1.165, 1.54) is 6.42 Å². The van der Waals surface area contributed by atoms with Gasteiger partial charge in [-0.3, -0.25) is 9.48 Å². The van der Waals surface area contributed by atoms with E-state index in [1.54, 1.807) is 6.20 Å². The highest BCUT2D eigenvalue weighted by Crippen LogP contribution is 2.24. The topological polar surface area (TPSA) is 43.1 Å². The molecule has 124 valence electrons. The summed E-state index contributed by atoms with van der Waals surface area (Å²) in [5, 5.41) is 4.30. The van der Waals surface area contributed by atoms with Gasteiger partial charge in [-0.2, -0.15) is 5.10 Å². The fourth-order valence-electron chi connectivity index (χ4n) is 3.74. The summed E-state index contributed by atoms with van der Waals surface area (Å²) in [5.41, 5.74) is 3.10. The van der Waals surface area contributed by atoms with Gasteiger partial charge in [-0.25, -0.2) is 0 Å². The van der Waals surface area contributed by atoms with Gasteiger partial charge in [-0.05, 0) is 52.2 Å². The average molecular weight is 314 g/mol. The van der Waals surface area contributed by atoms with Crippen molar-refractivity contribution < 1.29 is 4.79 Å². The highest BCUT2D eigenvalue weighted by atomic mass is 16.2. The third-order valence-corrected chi connectivity index (χ3v) is 4.97. The van der Waals surface area contributed by atoms with Gasteiger partial charge in [0.15, 0.2) is 0 Å². The first-order valence-electron chi connectivity index (χ1n) is 8.57. The number of nitrogens with zero attached hydrogens (tertiary/aromatic N) is 4. The van der Waals surface area contributed by atoms with E-state index in [0.717, 1.165) is 49.4 Å². The fraction of sp³-hybridized carbons (Fsp3) is 0.556. The van der Waals surface area contributed by atoms with Crippen LogP contribution in [0.15, 0.2) is 24.5 Å². The van der Waals surface area contributed by atoms with E-state index in [9.17, 15) is 4.79 Å². The Morgan fingerprint density at radius 3 is 2.83 bits per heavy atom. The number of carbonyl (C=O) groups excluding carboxylic acids is 1. The lowest BCUT2D eigenvalue weighted by atomic mass is 10.0. The molecule has 0 aliphatic carbocycles. The van der Waals surface area contributed by atoms with Crippen LogP contribution >= 0.6 is 0 Å². The number of carbonyl (C=O) groups is 1. The molecule has 0 spiro atoms. The minimum absolute atomic E-state index is 0.176. The smallest absolute Gasteiger partial charge is 0.255 e. The molecule has 0 bridgehead atoms. The first-order valence-corrected chi connectivity index (χ1v) is 8.57. The van der Waals surface area contributed by atoms with Crippen molar-refractivity contribution in [3.63, 3.8) is 0 Å². The van der Waals surface area contributed by atoms with E-state index in [1.807, 2.05) is 23.0 Å². The molecule has 0 N–H and O–H groups in total. The molecule has 1 aliphatic rings. The second kappa shape index (κ2) is 6.60. The van der Waals surface area contributed by atoms with Crippen molar-refractivity contribution in [1.29, 1.82) is 0 Å². The molecule has 1 aliphatic heterocycles. The zero-order valence-corrected chi connectivity index (χ0v) is 14.3. The lowest BCUT2D eigenvalue weighted by molar-refractivity contribution is 0.0583. The fourth-order valence-corrected chi connectivity index (χ4v) is 3.74. The number of hydrogen-bond acceptors (Lipinski definition) is 2. The third-order valence-electron chi connectivity index (χ3n) is 4.97. The van der Waals surface area contributed by atoms with E-state index >= 15 is 0 Å². The highest BCUT2D eigenvalue weighted by Gasteiger charge is 2.29. The van der Waals surface area contributed by atoms with Gasteiger partial charge in [0.05, 0.1) is 18.2 Å². The van der Waals surface area contributed by atoms with E-state index < -0.39 is 0 Å². The van der Waals surface area contributed by atoms with Gasteiger partial charge in [0.25, 0.3) is 5.91 Å². The molecule has 0 aromatic carbocycles. The van der Waals surface area contributed by atoms with Crippen molar-refractivity contribution in [2.75, 3.05) is 6.54 Å². The quantitative estimate of drug-likeness (QED) is 0.870. The molecule has 1 fully saturated rings. The normalized spacial score (nSPS) is 18.4. The Kier molecular flexibility index (Phi) is 4.55. The maximum atomic E-state index is 13.1. The molecule has 5 heteroatoms. The van der Waals surface area contributed by atoms with Gasteiger partial charge < -0.3 is 9.47 Å². The predicted octanol–water partition coefficient (Wildman–Crippen LogP) is 3.02. The van der Waals surface area contributed by atoms with Crippen LogP contribution in [0.2, 0.25) is 0 Å². The zero-order chi connectivity index (χ0) is 16.4. The Morgan fingerprint density at radius 2 is 2.17 bits per heavy atom. The lowest BCUT2D eigenvalue weighted by Crippen LogP contribution is -2.46. The number of piperidine rings is 1. The molecule has 5 nitrogen and oxygen atoms in total. The molecule has 0 saturated carbocycles. The second-order valence-corrected chi connectivity index (χ2v) is 6.41. The lowest BCUT2D eigenvalue weighted by Gasteiger charge is -2.35. The van der Waals surface area contributed by atoms with Gasteiger partial charge in [-0.15, -0.1) is 0 Å². The van der Waals surface area contributed by atoms with Crippen molar-refractivity contribution in [3.8, 4) is 0 Å². The number of aryl methyl sites for hydroxylation is 1. The SMILES string of the molecule is CCn1c(C)cc(C(=O)N2CCCC[C@H]2Cn2cccn2)c1C. The number of likely N-dealkylation sites (tertiary alicyclic amines) is 1. The van der Waals surface area contributed by atoms with Crippen molar-refractivity contribution in [1.82, 2.24) is 19.2 Å². The van der Waals surface area contributed by atoms with Gasteiger partial charge in [0.1, 0.15) is 0 Å². The number of rotatable bonds is 4. The molecule has 1 amide bonds. The summed E-state index contributed by atoms with van der Waals surface area (Å²) in [6.07, 6.45) is 7.10. The molecule has 0 unspecified atom stereocenters. The van der Waals surface area contributed by atoms with Gasteiger partial charge in [-0.1, -0.05) is 0 Å². The number of aromatic nitrogens is 3. The van der Waals surface area contributed by atoms with Crippen LogP contribution in [-0.4, -0.2) is 37.7 Å². The monoisotopic (exact) mass is 314 g/mol. The summed E-state index contributed by atoms with van der Waals surface area (Å²) >= 11 is 0. The van der Waals surface area contributed by atoms with Crippen molar-refractivity contribution >= 4 is 5.91 Å². The summed E-state index contributed by atoms with van der Waals surface area (Å²) in [5.74, 6) is 0.176. The molecule has 2 aromatic heterocycles. The second-order valence-electron chi connectivity index (χ2n) is 6.41. The average Bonchev–Trinajstić information content (AvgIpc) is 3.15. The van der Waals surface area contributed by atoms with Gasteiger partial charge in [0, 0.05) is 36.9 Å². The Morgan fingerprint density at radius 1 is 1.35 bits per heavy atom. The molecular weight excluding hydrogens is 288 g/mol. The van der Waals surface area contributed by atoms with Crippen molar-refractivity contribution in [3.05, 3.63) is 41.5 Å². The van der Waals surface area contributed by atoms with Crippen LogP contribution in [0.4, 0.5) is 0 Å². The Balaban J connectivity index is 1.84. The maximum absolute atomic E-state index is 13.1. The Bertz CT molecular complexity index is 672. The molecule has 23 heavy (non-hydrogen) atoms. The van der Waals surface area contributed by atoms with Crippen LogP contribution in [0.5, 0.6) is 0 Å². The van der Waals surface area contributed by atoms with E-state index in [0.29, 0.717) is 0 Å². The Labute approximate surface area is 137 Å². The largest absolute Gasteiger partial charge is 0.349 e. The minimum atomic E-state index is 0.176. The summed E-state index contributed by atoms with van der Waals surface area (Å²) in [6.45, 7) is 8.78. The summed E-state index contributed by atoms with van der Waals surface area (Å²) in [4.78, 5) is 15.2. The first kappa shape index (κ1) is 15.8. The molecular formula is C18H26N4O. The van der Waals surface area contributed by atoms with Crippen molar-refractivity contribution in [2.45, 2.75) is 59.2 Å².